The predicted octanol–water partition coefficient (Wildman–Crippen LogP) is 3.79. The number of nitrogens with zero attached hydrogens (tertiary/aromatic N) is 2. The molecule has 1 aliphatic heterocycles. The summed E-state index contributed by atoms with van der Waals surface area (Å²) in [5, 5.41) is 14.4. The number of rotatable bonds is 8. The second-order valence-corrected chi connectivity index (χ2v) is 8.72. The SMILES string of the molecule is CC(C#N)(NC(=O)C(Cc1cccc2ccccc12)OC(=O)N1CCOCC1)OCc1ccccc1. The minimum Gasteiger partial charge on any atom is -0.436 e. The van der Waals surface area contributed by atoms with E-state index in [1.165, 1.54) is 11.8 Å². The van der Waals surface area contributed by atoms with Gasteiger partial charge in [-0.15, -0.1) is 0 Å². The number of benzene rings is 3. The summed E-state index contributed by atoms with van der Waals surface area (Å²) in [4.78, 5) is 27.8. The fraction of sp³-hybridized carbons (Fsp3) is 0.321. The summed E-state index contributed by atoms with van der Waals surface area (Å²) in [6.45, 7) is 3.21. The van der Waals surface area contributed by atoms with E-state index >= 15 is 0 Å². The molecule has 2 unspecified atom stereocenters. The van der Waals surface area contributed by atoms with Gasteiger partial charge in [-0.2, -0.15) is 5.26 Å². The van der Waals surface area contributed by atoms with Crippen LogP contribution in [0.3, 0.4) is 0 Å². The zero-order valence-corrected chi connectivity index (χ0v) is 20.2. The van der Waals surface area contributed by atoms with Crippen molar-refractivity contribution in [3.05, 3.63) is 83.9 Å². The van der Waals surface area contributed by atoms with E-state index in [9.17, 15) is 14.9 Å². The van der Waals surface area contributed by atoms with Gasteiger partial charge < -0.3 is 24.4 Å². The summed E-state index contributed by atoms with van der Waals surface area (Å²) in [7, 11) is 0. The van der Waals surface area contributed by atoms with E-state index in [2.05, 4.69) is 5.32 Å². The highest BCUT2D eigenvalue weighted by Crippen LogP contribution is 2.22. The van der Waals surface area contributed by atoms with E-state index in [4.69, 9.17) is 14.2 Å². The van der Waals surface area contributed by atoms with Gasteiger partial charge in [0, 0.05) is 19.5 Å². The molecule has 1 fully saturated rings. The van der Waals surface area contributed by atoms with Gasteiger partial charge in [-0.05, 0) is 28.8 Å². The van der Waals surface area contributed by atoms with Crippen LogP contribution in [0.25, 0.3) is 10.8 Å². The second-order valence-electron chi connectivity index (χ2n) is 8.72. The zero-order valence-electron chi connectivity index (χ0n) is 20.2. The van der Waals surface area contributed by atoms with E-state index < -0.39 is 23.8 Å². The first-order chi connectivity index (χ1) is 17.5. The fourth-order valence-corrected chi connectivity index (χ4v) is 4.01. The van der Waals surface area contributed by atoms with E-state index in [0.29, 0.717) is 26.3 Å². The average Bonchev–Trinajstić information content (AvgIpc) is 2.92. The number of nitrogens with one attached hydrogen (secondary N) is 1. The number of carbonyl (C=O) groups is 2. The fourth-order valence-electron chi connectivity index (χ4n) is 4.01. The Morgan fingerprint density at radius 3 is 2.50 bits per heavy atom. The molecule has 3 aromatic rings. The smallest absolute Gasteiger partial charge is 0.410 e. The summed E-state index contributed by atoms with van der Waals surface area (Å²) >= 11 is 0. The van der Waals surface area contributed by atoms with Gasteiger partial charge in [-0.3, -0.25) is 4.79 Å². The Labute approximate surface area is 210 Å². The van der Waals surface area contributed by atoms with Crippen molar-refractivity contribution in [2.75, 3.05) is 26.3 Å². The lowest BCUT2D eigenvalue weighted by Crippen LogP contribution is -2.53. The number of morpholine rings is 1. The lowest BCUT2D eigenvalue weighted by atomic mass is 9.99. The van der Waals surface area contributed by atoms with Crippen molar-refractivity contribution in [2.24, 2.45) is 0 Å². The summed E-state index contributed by atoms with van der Waals surface area (Å²) < 4.78 is 16.8. The number of nitriles is 1. The standard InChI is InChI=1S/C28H29N3O5/c1-28(20-29,35-19-21-8-3-2-4-9-21)30-26(32)25(36-27(33)31-14-16-34-17-15-31)18-23-12-7-11-22-10-5-6-13-24(22)23/h2-13,25H,14-19H2,1H3,(H,30,32). The van der Waals surface area contributed by atoms with Crippen LogP contribution >= 0.6 is 0 Å². The molecule has 2 atom stereocenters. The van der Waals surface area contributed by atoms with Gasteiger partial charge in [0.1, 0.15) is 6.07 Å². The molecule has 0 bridgehead atoms. The molecule has 1 aliphatic rings. The largest absolute Gasteiger partial charge is 0.436 e. The van der Waals surface area contributed by atoms with Crippen LogP contribution in [0.2, 0.25) is 0 Å². The maximum Gasteiger partial charge on any atom is 0.410 e. The van der Waals surface area contributed by atoms with Crippen LogP contribution < -0.4 is 5.32 Å². The average molecular weight is 488 g/mol. The molecule has 0 saturated carbocycles. The molecule has 0 radical (unpaired) electrons. The Bertz CT molecular complexity index is 1230. The first-order valence-electron chi connectivity index (χ1n) is 11.9. The molecular weight excluding hydrogens is 458 g/mol. The Balaban J connectivity index is 1.53. The van der Waals surface area contributed by atoms with E-state index in [-0.39, 0.29) is 13.0 Å². The van der Waals surface area contributed by atoms with E-state index in [1.807, 2.05) is 78.9 Å². The maximum atomic E-state index is 13.4. The third kappa shape index (κ3) is 6.39. The normalized spacial score (nSPS) is 15.9. The van der Waals surface area contributed by atoms with Gasteiger partial charge in [0.05, 0.1) is 19.8 Å². The molecule has 2 amide bonds. The summed E-state index contributed by atoms with van der Waals surface area (Å²) in [6.07, 6.45) is -1.62. The van der Waals surface area contributed by atoms with Gasteiger partial charge in [0.15, 0.2) is 6.10 Å². The molecule has 3 aromatic carbocycles. The van der Waals surface area contributed by atoms with Gasteiger partial charge in [-0.1, -0.05) is 72.8 Å². The zero-order chi connectivity index (χ0) is 25.4. The van der Waals surface area contributed by atoms with Crippen LogP contribution in [0.1, 0.15) is 18.1 Å². The molecule has 8 nitrogen and oxygen atoms in total. The molecule has 0 aromatic heterocycles. The van der Waals surface area contributed by atoms with Crippen LogP contribution in [0.5, 0.6) is 0 Å². The highest BCUT2D eigenvalue weighted by Gasteiger charge is 2.34. The molecule has 1 N–H and O–H groups in total. The van der Waals surface area contributed by atoms with Crippen LogP contribution in [0.15, 0.2) is 72.8 Å². The summed E-state index contributed by atoms with van der Waals surface area (Å²) in [6, 6.07) is 25.0. The lowest BCUT2D eigenvalue weighted by molar-refractivity contribution is -0.138. The van der Waals surface area contributed by atoms with Gasteiger partial charge in [-0.25, -0.2) is 4.79 Å². The van der Waals surface area contributed by atoms with Gasteiger partial charge in [0.2, 0.25) is 5.72 Å². The van der Waals surface area contributed by atoms with E-state index in [0.717, 1.165) is 21.9 Å². The summed E-state index contributed by atoms with van der Waals surface area (Å²) in [5.41, 5.74) is 0.0983. The van der Waals surface area contributed by atoms with Crippen molar-refractivity contribution in [2.45, 2.75) is 31.8 Å². The minimum absolute atomic E-state index is 0.132. The maximum absolute atomic E-state index is 13.4. The highest BCUT2D eigenvalue weighted by molar-refractivity contribution is 5.88. The van der Waals surface area contributed by atoms with Crippen molar-refractivity contribution >= 4 is 22.8 Å². The molecular formula is C28H29N3O5. The Morgan fingerprint density at radius 1 is 1.06 bits per heavy atom. The molecule has 186 valence electrons. The third-order valence-corrected chi connectivity index (χ3v) is 6.04. The highest BCUT2D eigenvalue weighted by atomic mass is 16.6. The molecule has 4 rings (SSSR count). The first kappa shape index (κ1) is 25.2. The molecule has 1 heterocycles. The van der Waals surface area contributed by atoms with Crippen LogP contribution in [-0.2, 0) is 32.0 Å². The molecule has 0 spiro atoms. The van der Waals surface area contributed by atoms with Crippen molar-refractivity contribution in [1.82, 2.24) is 10.2 Å². The van der Waals surface area contributed by atoms with Gasteiger partial charge >= 0.3 is 6.09 Å². The molecule has 0 aliphatic carbocycles. The van der Waals surface area contributed by atoms with Crippen molar-refractivity contribution in [3.63, 3.8) is 0 Å². The van der Waals surface area contributed by atoms with Gasteiger partial charge in [0.25, 0.3) is 5.91 Å². The van der Waals surface area contributed by atoms with E-state index in [1.54, 1.807) is 0 Å². The number of hydrogen-bond donors (Lipinski definition) is 1. The number of amides is 2. The minimum atomic E-state index is -1.62. The van der Waals surface area contributed by atoms with Crippen molar-refractivity contribution in [1.29, 1.82) is 5.26 Å². The summed E-state index contributed by atoms with van der Waals surface area (Å²) in [5.74, 6) is -0.610. The Morgan fingerprint density at radius 2 is 1.75 bits per heavy atom. The molecule has 36 heavy (non-hydrogen) atoms. The predicted molar refractivity (Wildman–Crippen MR) is 134 cm³/mol. The van der Waals surface area contributed by atoms with Crippen LogP contribution in [0.4, 0.5) is 4.79 Å². The number of hydrogen-bond acceptors (Lipinski definition) is 6. The molecule has 1 saturated heterocycles. The lowest BCUT2D eigenvalue weighted by Gasteiger charge is -2.30. The Kier molecular flexibility index (Phi) is 8.16. The Hall–Kier alpha value is -3.93. The first-order valence-corrected chi connectivity index (χ1v) is 11.9. The van der Waals surface area contributed by atoms with Crippen LogP contribution in [0, 0.1) is 11.3 Å². The number of ether oxygens (including phenoxy) is 3. The molecule has 8 heteroatoms. The monoisotopic (exact) mass is 487 g/mol. The van der Waals surface area contributed by atoms with Crippen LogP contribution in [-0.4, -0.2) is 55.0 Å². The van der Waals surface area contributed by atoms with Crippen molar-refractivity contribution in [3.8, 4) is 6.07 Å². The third-order valence-electron chi connectivity index (χ3n) is 6.04. The quantitative estimate of drug-likeness (QED) is 0.485. The van der Waals surface area contributed by atoms with Crippen molar-refractivity contribution < 1.29 is 23.8 Å². The number of fused-ring (bicyclic) bond motifs is 1. The second kappa shape index (κ2) is 11.7. The number of carbonyl (C=O) groups excluding carboxylic acids is 2. The topological polar surface area (TPSA) is 101 Å².